The van der Waals surface area contributed by atoms with Crippen molar-refractivity contribution in [3.05, 3.63) is 40.5 Å². The van der Waals surface area contributed by atoms with E-state index >= 15 is 0 Å². The smallest absolute Gasteiger partial charge is 0.319 e. The highest BCUT2D eigenvalue weighted by Crippen LogP contribution is 2.26. The molecule has 0 aliphatic carbocycles. The monoisotopic (exact) mass is 312 g/mol. The fourth-order valence-electron chi connectivity index (χ4n) is 2.64. The van der Waals surface area contributed by atoms with Crippen molar-refractivity contribution in [2.24, 2.45) is 0 Å². The van der Waals surface area contributed by atoms with Crippen LogP contribution in [0.5, 0.6) is 0 Å². The van der Waals surface area contributed by atoms with Gasteiger partial charge in [-0.2, -0.15) is 5.10 Å². The van der Waals surface area contributed by atoms with E-state index in [2.05, 4.69) is 30.8 Å². The maximum Gasteiger partial charge on any atom is 0.319 e. The molecule has 0 bridgehead atoms. The topological polar surface area (TPSA) is 98.5 Å². The SMILES string of the molecule is Cc1n[nH]c(C)c1CNC(=O)Nc1cc2[nH]cnc2c(C)c1C. The van der Waals surface area contributed by atoms with E-state index in [4.69, 9.17) is 0 Å². The predicted octanol–water partition coefficient (Wildman–Crippen LogP) is 2.84. The predicted molar refractivity (Wildman–Crippen MR) is 89.5 cm³/mol. The highest BCUT2D eigenvalue weighted by molar-refractivity contribution is 5.94. The van der Waals surface area contributed by atoms with Gasteiger partial charge < -0.3 is 15.6 Å². The molecule has 1 aromatic carbocycles. The largest absolute Gasteiger partial charge is 0.345 e. The van der Waals surface area contributed by atoms with Gasteiger partial charge in [-0.15, -0.1) is 0 Å². The Bertz CT molecular complexity index is 857. The summed E-state index contributed by atoms with van der Waals surface area (Å²) in [5.41, 5.74) is 7.55. The number of nitrogens with one attached hydrogen (secondary N) is 4. The Kier molecular flexibility index (Phi) is 3.77. The Labute approximate surface area is 133 Å². The van der Waals surface area contributed by atoms with Gasteiger partial charge in [-0.3, -0.25) is 5.10 Å². The minimum Gasteiger partial charge on any atom is -0.345 e. The molecule has 0 aliphatic rings. The van der Waals surface area contributed by atoms with Crippen molar-refractivity contribution in [2.75, 3.05) is 5.32 Å². The van der Waals surface area contributed by atoms with Gasteiger partial charge in [-0.05, 0) is 44.9 Å². The number of aryl methyl sites for hydroxylation is 3. The van der Waals surface area contributed by atoms with Crippen molar-refractivity contribution in [3.8, 4) is 0 Å². The van der Waals surface area contributed by atoms with Gasteiger partial charge in [-0.1, -0.05) is 0 Å². The molecule has 0 aliphatic heterocycles. The van der Waals surface area contributed by atoms with Crippen LogP contribution in [0.15, 0.2) is 12.4 Å². The van der Waals surface area contributed by atoms with Crippen LogP contribution in [0.25, 0.3) is 11.0 Å². The number of rotatable bonds is 3. The molecule has 3 aromatic rings. The number of nitrogens with zero attached hydrogens (tertiary/aromatic N) is 2. The number of imidazole rings is 1. The normalized spacial score (nSPS) is 11.0. The van der Waals surface area contributed by atoms with Gasteiger partial charge in [0.15, 0.2) is 0 Å². The van der Waals surface area contributed by atoms with Crippen LogP contribution in [-0.4, -0.2) is 26.2 Å². The summed E-state index contributed by atoms with van der Waals surface area (Å²) >= 11 is 0. The first kappa shape index (κ1) is 15.1. The number of carbonyl (C=O) groups is 1. The third-order valence-electron chi connectivity index (χ3n) is 4.23. The summed E-state index contributed by atoms with van der Waals surface area (Å²) in [6, 6.07) is 1.66. The van der Waals surface area contributed by atoms with Crippen molar-refractivity contribution in [1.29, 1.82) is 0 Å². The van der Waals surface area contributed by atoms with Crippen LogP contribution in [0.1, 0.15) is 28.1 Å². The molecule has 2 heterocycles. The van der Waals surface area contributed by atoms with E-state index in [1.807, 2.05) is 33.8 Å². The van der Waals surface area contributed by atoms with Gasteiger partial charge in [0.2, 0.25) is 0 Å². The van der Waals surface area contributed by atoms with Gasteiger partial charge in [0.1, 0.15) is 0 Å². The molecule has 0 radical (unpaired) electrons. The van der Waals surface area contributed by atoms with Gasteiger partial charge in [0.05, 0.1) is 23.1 Å². The third kappa shape index (κ3) is 2.77. The standard InChI is InChI=1S/C16H20N6O/c1-8-9(2)15-14(18-7-19-15)5-13(8)20-16(23)17-6-12-10(3)21-22-11(12)4/h5,7H,6H2,1-4H3,(H,18,19)(H,21,22)(H2,17,20,23). The zero-order valence-electron chi connectivity index (χ0n) is 13.7. The maximum atomic E-state index is 12.2. The summed E-state index contributed by atoms with van der Waals surface area (Å²) in [4.78, 5) is 19.6. The molecule has 0 saturated heterocycles. The number of fused-ring (bicyclic) bond motifs is 1. The second kappa shape index (κ2) is 5.75. The Morgan fingerprint density at radius 2 is 2.00 bits per heavy atom. The summed E-state index contributed by atoms with van der Waals surface area (Å²) in [5.74, 6) is 0. The Morgan fingerprint density at radius 1 is 1.22 bits per heavy atom. The van der Waals surface area contributed by atoms with Crippen LogP contribution < -0.4 is 10.6 Å². The molecule has 0 saturated carbocycles. The Hall–Kier alpha value is -2.83. The van der Waals surface area contributed by atoms with Crippen molar-refractivity contribution >= 4 is 22.8 Å². The van der Waals surface area contributed by atoms with E-state index in [0.29, 0.717) is 6.54 Å². The second-order valence-corrected chi connectivity index (χ2v) is 5.69. The lowest BCUT2D eigenvalue weighted by Crippen LogP contribution is -2.29. The van der Waals surface area contributed by atoms with E-state index in [0.717, 1.165) is 44.8 Å². The van der Waals surface area contributed by atoms with Gasteiger partial charge in [0.25, 0.3) is 0 Å². The lowest BCUT2D eigenvalue weighted by molar-refractivity contribution is 0.251. The average Bonchev–Trinajstić information content (AvgIpc) is 3.10. The highest BCUT2D eigenvalue weighted by atomic mass is 16.2. The summed E-state index contributed by atoms with van der Waals surface area (Å²) in [6.45, 7) is 8.26. The summed E-state index contributed by atoms with van der Waals surface area (Å²) < 4.78 is 0. The first-order valence-corrected chi connectivity index (χ1v) is 7.46. The molecule has 0 unspecified atom stereocenters. The van der Waals surface area contributed by atoms with Crippen LogP contribution in [0.2, 0.25) is 0 Å². The molecular weight excluding hydrogens is 292 g/mol. The van der Waals surface area contributed by atoms with Crippen LogP contribution in [-0.2, 0) is 6.54 Å². The lowest BCUT2D eigenvalue weighted by atomic mass is 10.1. The summed E-state index contributed by atoms with van der Waals surface area (Å²) in [6.07, 6.45) is 1.66. The first-order chi connectivity index (χ1) is 11.0. The molecule has 7 heteroatoms. The van der Waals surface area contributed by atoms with Crippen LogP contribution in [0.3, 0.4) is 0 Å². The third-order valence-corrected chi connectivity index (χ3v) is 4.23. The number of H-pyrrole nitrogens is 2. The highest BCUT2D eigenvalue weighted by Gasteiger charge is 2.12. The molecule has 23 heavy (non-hydrogen) atoms. The molecule has 3 rings (SSSR count). The minimum absolute atomic E-state index is 0.244. The van der Waals surface area contributed by atoms with Crippen molar-refractivity contribution in [1.82, 2.24) is 25.5 Å². The van der Waals surface area contributed by atoms with Crippen LogP contribution in [0, 0.1) is 27.7 Å². The van der Waals surface area contributed by atoms with Gasteiger partial charge in [0, 0.05) is 23.5 Å². The second-order valence-electron chi connectivity index (χ2n) is 5.69. The summed E-state index contributed by atoms with van der Waals surface area (Å²) in [7, 11) is 0. The Morgan fingerprint density at radius 3 is 2.70 bits per heavy atom. The first-order valence-electron chi connectivity index (χ1n) is 7.46. The molecule has 0 spiro atoms. The molecule has 0 fully saturated rings. The summed E-state index contributed by atoms with van der Waals surface area (Å²) in [5, 5.41) is 12.8. The molecule has 7 nitrogen and oxygen atoms in total. The zero-order chi connectivity index (χ0) is 16.6. The minimum atomic E-state index is -0.244. The molecule has 2 amide bonds. The quantitative estimate of drug-likeness (QED) is 0.598. The number of benzene rings is 1. The van der Waals surface area contributed by atoms with Crippen molar-refractivity contribution in [3.63, 3.8) is 0 Å². The molecule has 4 N–H and O–H groups in total. The number of carbonyl (C=O) groups excluding carboxylic acids is 1. The molecule has 120 valence electrons. The zero-order valence-corrected chi connectivity index (χ0v) is 13.7. The molecular formula is C16H20N6O. The van der Waals surface area contributed by atoms with Gasteiger partial charge >= 0.3 is 6.03 Å². The number of anilines is 1. The maximum absolute atomic E-state index is 12.2. The van der Waals surface area contributed by atoms with Crippen LogP contribution in [0.4, 0.5) is 10.5 Å². The van der Waals surface area contributed by atoms with E-state index in [-0.39, 0.29) is 6.03 Å². The van der Waals surface area contributed by atoms with E-state index in [1.54, 1.807) is 6.33 Å². The van der Waals surface area contributed by atoms with E-state index < -0.39 is 0 Å². The number of aromatic nitrogens is 4. The van der Waals surface area contributed by atoms with Crippen molar-refractivity contribution < 1.29 is 4.79 Å². The Balaban J connectivity index is 1.74. The number of hydrogen-bond donors (Lipinski definition) is 4. The van der Waals surface area contributed by atoms with Crippen molar-refractivity contribution in [2.45, 2.75) is 34.2 Å². The van der Waals surface area contributed by atoms with E-state index in [9.17, 15) is 4.79 Å². The lowest BCUT2D eigenvalue weighted by Gasteiger charge is -2.12. The fraction of sp³-hybridized carbons (Fsp3) is 0.312. The van der Waals surface area contributed by atoms with Gasteiger partial charge in [-0.25, -0.2) is 9.78 Å². The number of hydrogen-bond acceptors (Lipinski definition) is 3. The number of amides is 2. The van der Waals surface area contributed by atoms with Crippen LogP contribution >= 0.6 is 0 Å². The number of urea groups is 1. The fourth-order valence-corrected chi connectivity index (χ4v) is 2.64. The molecule has 0 atom stereocenters. The molecule has 2 aromatic heterocycles. The average molecular weight is 312 g/mol. The van der Waals surface area contributed by atoms with E-state index in [1.165, 1.54) is 0 Å². The number of aromatic amines is 2.